The van der Waals surface area contributed by atoms with Crippen molar-refractivity contribution in [2.45, 2.75) is 26.2 Å². The molecule has 0 bridgehead atoms. The van der Waals surface area contributed by atoms with Gasteiger partial charge < -0.3 is 10.2 Å². The third kappa shape index (κ3) is 4.56. The van der Waals surface area contributed by atoms with Gasteiger partial charge in [0.1, 0.15) is 11.5 Å². The van der Waals surface area contributed by atoms with Crippen LogP contribution in [0.15, 0.2) is 42.6 Å². The van der Waals surface area contributed by atoms with Crippen LogP contribution in [0, 0.1) is 11.7 Å². The number of rotatable bonds is 5. The van der Waals surface area contributed by atoms with Gasteiger partial charge in [-0.05, 0) is 48.9 Å². The van der Waals surface area contributed by atoms with Crippen LogP contribution in [0.3, 0.4) is 0 Å². The Kier molecular flexibility index (Phi) is 5.64. The van der Waals surface area contributed by atoms with Gasteiger partial charge in [0.2, 0.25) is 0 Å². The summed E-state index contributed by atoms with van der Waals surface area (Å²) in [5.41, 5.74) is 2.05. The lowest BCUT2D eigenvalue weighted by molar-refractivity contribution is 0.0949. The highest BCUT2D eigenvalue weighted by atomic mass is 19.1. The molecule has 1 aromatic carbocycles. The summed E-state index contributed by atoms with van der Waals surface area (Å²) in [6.07, 6.45) is 4.49. The van der Waals surface area contributed by atoms with Crippen molar-refractivity contribution in [1.29, 1.82) is 0 Å². The molecule has 1 aliphatic heterocycles. The van der Waals surface area contributed by atoms with E-state index < -0.39 is 0 Å². The van der Waals surface area contributed by atoms with Gasteiger partial charge in [-0.3, -0.25) is 9.78 Å². The highest BCUT2D eigenvalue weighted by Crippen LogP contribution is 2.22. The van der Waals surface area contributed by atoms with E-state index in [1.807, 2.05) is 12.1 Å². The molecule has 1 N–H and O–H groups in total. The first-order valence-corrected chi connectivity index (χ1v) is 8.86. The number of amides is 1. The van der Waals surface area contributed by atoms with Crippen LogP contribution in [0.1, 0.15) is 35.8 Å². The van der Waals surface area contributed by atoms with Crippen LogP contribution in [-0.4, -0.2) is 30.5 Å². The topological polar surface area (TPSA) is 45.2 Å². The van der Waals surface area contributed by atoms with E-state index in [0.717, 1.165) is 24.7 Å². The van der Waals surface area contributed by atoms with Gasteiger partial charge in [-0.15, -0.1) is 0 Å². The van der Waals surface area contributed by atoms with E-state index in [1.165, 1.54) is 18.9 Å². The molecule has 2 aromatic rings. The zero-order valence-corrected chi connectivity index (χ0v) is 14.5. The minimum Gasteiger partial charge on any atom is -0.371 e. The third-order valence-electron chi connectivity index (χ3n) is 4.76. The molecule has 1 aliphatic rings. The summed E-state index contributed by atoms with van der Waals surface area (Å²) in [5, 5.41) is 2.83. The number of halogens is 1. The van der Waals surface area contributed by atoms with Gasteiger partial charge in [-0.1, -0.05) is 25.1 Å². The molecule has 25 heavy (non-hydrogen) atoms. The van der Waals surface area contributed by atoms with Crippen molar-refractivity contribution in [3.63, 3.8) is 0 Å². The van der Waals surface area contributed by atoms with Gasteiger partial charge in [0, 0.05) is 31.5 Å². The van der Waals surface area contributed by atoms with Crippen LogP contribution in [0.25, 0.3) is 0 Å². The molecule has 4 nitrogen and oxygen atoms in total. The minimum atomic E-state index is -0.240. The number of aromatic nitrogens is 1. The predicted molar refractivity (Wildman–Crippen MR) is 97.3 cm³/mol. The summed E-state index contributed by atoms with van der Waals surface area (Å²) in [7, 11) is 0. The number of carbonyl (C=O) groups excluding carboxylic acids is 1. The number of nitrogens with one attached hydrogen (secondary N) is 1. The Morgan fingerprint density at radius 3 is 2.80 bits per heavy atom. The second kappa shape index (κ2) is 8.10. The molecule has 3 rings (SSSR count). The molecule has 1 aromatic heterocycles. The highest BCUT2D eigenvalue weighted by Gasteiger charge is 2.17. The second-order valence-corrected chi connectivity index (χ2v) is 6.67. The first-order chi connectivity index (χ1) is 12.1. The lowest BCUT2D eigenvalue weighted by Gasteiger charge is -2.32. The zero-order valence-electron chi connectivity index (χ0n) is 14.5. The van der Waals surface area contributed by atoms with Crippen molar-refractivity contribution in [1.82, 2.24) is 10.3 Å². The Morgan fingerprint density at radius 2 is 2.04 bits per heavy atom. The molecule has 5 heteroatoms. The number of piperidine rings is 1. The molecule has 1 amide bonds. The third-order valence-corrected chi connectivity index (χ3v) is 4.76. The van der Waals surface area contributed by atoms with Crippen LogP contribution in [0.4, 0.5) is 10.1 Å². The molecule has 0 aliphatic carbocycles. The van der Waals surface area contributed by atoms with Crippen molar-refractivity contribution in [3.05, 3.63) is 59.7 Å². The second-order valence-electron chi connectivity index (χ2n) is 6.67. The number of anilines is 1. The van der Waals surface area contributed by atoms with E-state index in [9.17, 15) is 9.18 Å². The Morgan fingerprint density at radius 1 is 1.28 bits per heavy atom. The fourth-order valence-electron chi connectivity index (χ4n) is 3.11. The average Bonchev–Trinajstić information content (AvgIpc) is 2.64. The van der Waals surface area contributed by atoms with Gasteiger partial charge in [-0.2, -0.15) is 0 Å². The number of benzene rings is 1. The van der Waals surface area contributed by atoms with E-state index in [-0.39, 0.29) is 11.7 Å². The number of hydrogen-bond donors (Lipinski definition) is 1. The van der Waals surface area contributed by atoms with Crippen LogP contribution < -0.4 is 10.2 Å². The molecule has 0 saturated carbocycles. The van der Waals surface area contributed by atoms with E-state index in [0.29, 0.717) is 24.2 Å². The number of nitrogens with zero attached hydrogens (tertiary/aromatic N) is 2. The molecule has 0 radical (unpaired) electrons. The predicted octanol–water partition coefficient (Wildman–Crippen LogP) is 3.43. The molecule has 0 unspecified atom stereocenters. The van der Waals surface area contributed by atoms with Gasteiger partial charge in [0.05, 0.1) is 0 Å². The maximum Gasteiger partial charge on any atom is 0.269 e. The maximum atomic E-state index is 13.6. The van der Waals surface area contributed by atoms with Gasteiger partial charge >= 0.3 is 0 Å². The van der Waals surface area contributed by atoms with E-state index in [1.54, 1.807) is 24.4 Å². The summed E-state index contributed by atoms with van der Waals surface area (Å²) in [5.74, 6) is 0.305. The molecule has 132 valence electrons. The molecule has 1 saturated heterocycles. The van der Waals surface area contributed by atoms with Crippen LogP contribution in [0.5, 0.6) is 0 Å². The number of pyridine rings is 1. The minimum absolute atomic E-state index is 0.219. The van der Waals surface area contributed by atoms with Crippen molar-refractivity contribution >= 4 is 11.6 Å². The van der Waals surface area contributed by atoms with Crippen molar-refractivity contribution < 1.29 is 9.18 Å². The smallest absolute Gasteiger partial charge is 0.269 e. The molecule has 0 atom stereocenters. The van der Waals surface area contributed by atoms with Gasteiger partial charge in [0.25, 0.3) is 5.91 Å². The normalized spacial score (nSPS) is 15.2. The largest absolute Gasteiger partial charge is 0.371 e. The Labute approximate surface area is 148 Å². The number of carbonyl (C=O) groups is 1. The Balaban J connectivity index is 1.57. The summed E-state index contributed by atoms with van der Waals surface area (Å²) in [4.78, 5) is 18.8. The van der Waals surface area contributed by atoms with Crippen LogP contribution in [0.2, 0.25) is 0 Å². The quantitative estimate of drug-likeness (QED) is 0.906. The van der Waals surface area contributed by atoms with Crippen molar-refractivity contribution in [3.8, 4) is 0 Å². The summed E-state index contributed by atoms with van der Waals surface area (Å²) in [6, 6.07) is 10.4. The highest BCUT2D eigenvalue weighted by molar-refractivity contribution is 5.93. The molecular formula is C20H24FN3O. The monoisotopic (exact) mass is 341 g/mol. The molecule has 0 spiro atoms. The van der Waals surface area contributed by atoms with Crippen LogP contribution in [-0.2, 0) is 6.42 Å². The Hall–Kier alpha value is -2.43. The van der Waals surface area contributed by atoms with E-state index >= 15 is 0 Å². The van der Waals surface area contributed by atoms with Crippen LogP contribution >= 0.6 is 0 Å². The first kappa shape index (κ1) is 17.4. The molecule has 1 fully saturated rings. The SMILES string of the molecule is CC1CCN(c2ccnc(C(=O)NCCc3ccccc3F)c2)CC1. The van der Waals surface area contributed by atoms with E-state index in [2.05, 4.69) is 22.1 Å². The average molecular weight is 341 g/mol. The maximum absolute atomic E-state index is 13.6. The van der Waals surface area contributed by atoms with Gasteiger partial charge in [-0.25, -0.2) is 4.39 Å². The van der Waals surface area contributed by atoms with Crippen molar-refractivity contribution in [2.24, 2.45) is 5.92 Å². The fourth-order valence-corrected chi connectivity index (χ4v) is 3.11. The standard InChI is InChI=1S/C20H24FN3O/c1-15-8-12-24(13-9-15)17-7-11-22-19(14-17)20(25)23-10-6-16-4-2-3-5-18(16)21/h2-5,7,11,14-15H,6,8-10,12-13H2,1H3,(H,23,25). The lowest BCUT2D eigenvalue weighted by atomic mass is 9.99. The summed E-state index contributed by atoms with van der Waals surface area (Å²) >= 11 is 0. The Bertz CT molecular complexity index is 726. The number of hydrogen-bond acceptors (Lipinski definition) is 3. The fraction of sp³-hybridized carbons (Fsp3) is 0.400. The summed E-state index contributed by atoms with van der Waals surface area (Å²) in [6.45, 7) is 4.68. The molecule has 2 heterocycles. The lowest BCUT2D eigenvalue weighted by Crippen LogP contribution is -2.33. The zero-order chi connectivity index (χ0) is 17.6. The first-order valence-electron chi connectivity index (χ1n) is 8.86. The summed E-state index contributed by atoms with van der Waals surface area (Å²) < 4.78 is 13.6. The van der Waals surface area contributed by atoms with E-state index in [4.69, 9.17) is 0 Å². The van der Waals surface area contributed by atoms with Gasteiger partial charge in [0.15, 0.2) is 0 Å². The van der Waals surface area contributed by atoms with Crippen molar-refractivity contribution in [2.75, 3.05) is 24.5 Å². The molecular weight excluding hydrogens is 317 g/mol.